The molecule has 11 heavy (non-hydrogen) atoms. The van der Waals surface area contributed by atoms with Crippen molar-refractivity contribution in [3.05, 3.63) is 29.8 Å². The SMILES string of the molecule is ON1C=NCc2ccccc21. The molecule has 0 spiro atoms. The Bertz CT molecular complexity index is 296. The summed E-state index contributed by atoms with van der Waals surface area (Å²) in [5.74, 6) is 0. The average molecular weight is 148 g/mol. The van der Waals surface area contributed by atoms with Gasteiger partial charge >= 0.3 is 0 Å². The van der Waals surface area contributed by atoms with Crippen molar-refractivity contribution in [2.75, 3.05) is 5.06 Å². The van der Waals surface area contributed by atoms with E-state index in [0.29, 0.717) is 6.54 Å². The number of hydrogen-bond donors (Lipinski definition) is 1. The molecule has 56 valence electrons. The number of benzene rings is 1. The topological polar surface area (TPSA) is 35.8 Å². The van der Waals surface area contributed by atoms with Gasteiger partial charge in [-0.1, -0.05) is 18.2 Å². The van der Waals surface area contributed by atoms with Crippen LogP contribution in [-0.4, -0.2) is 11.5 Å². The van der Waals surface area contributed by atoms with Gasteiger partial charge in [-0.2, -0.15) is 0 Å². The smallest absolute Gasteiger partial charge is 0.116 e. The molecule has 0 saturated heterocycles. The maximum absolute atomic E-state index is 9.25. The standard InChI is InChI=1S/C8H8N2O/c11-10-6-9-5-7-3-1-2-4-8(7)10/h1-4,6,11H,5H2. The Morgan fingerprint density at radius 2 is 2.18 bits per heavy atom. The summed E-state index contributed by atoms with van der Waals surface area (Å²) < 4.78 is 0. The predicted molar refractivity (Wildman–Crippen MR) is 42.9 cm³/mol. The minimum atomic E-state index is 0.660. The largest absolute Gasteiger partial charge is 0.283 e. The first-order valence-corrected chi connectivity index (χ1v) is 3.44. The second-order valence-corrected chi connectivity index (χ2v) is 2.43. The van der Waals surface area contributed by atoms with Gasteiger partial charge in [0.2, 0.25) is 0 Å². The van der Waals surface area contributed by atoms with Crippen LogP contribution in [-0.2, 0) is 6.54 Å². The zero-order valence-electron chi connectivity index (χ0n) is 5.94. The summed E-state index contributed by atoms with van der Waals surface area (Å²) in [6.45, 7) is 0.660. The van der Waals surface area contributed by atoms with Crippen molar-refractivity contribution in [1.82, 2.24) is 0 Å². The van der Waals surface area contributed by atoms with E-state index in [1.807, 2.05) is 24.3 Å². The minimum Gasteiger partial charge on any atom is -0.283 e. The minimum absolute atomic E-state index is 0.660. The van der Waals surface area contributed by atoms with Crippen molar-refractivity contribution >= 4 is 12.0 Å². The van der Waals surface area contributed by atoms with E-state index in [-0.39, 0.29) is 0 Å². The summed E-state index contributed by atoms with van der Waals surface area (Å²) in [5.41, 5.74) is 1.88. The van der Waals surface area contributed by atoms with Crippen molar-refractivity contribution in [1.29, 1.82) is 0 Å². The fourth-order valence-electron chi connectivity index (χ4n) is 1.15. The van der Waals surface area contributed by atoms with E-state index in [4.69, 9.17) is 0 Å². The Hall–Kier alpha value is -1.35. The highest BCUT2D eigenvalue weighted by Gasteiger charge is 2.09. The van der Waals surface area contributed by atoms with E-state index < -0.39 is 0 Å². The molecule has 0 bridgehead atoms. The van der Waals surface area contributed by atoms with Gasteiger partial charge in [0.15, 0.2) is 0 Å². The van der Waals surface area contributed by atoms with E-state index in [1.165, 1.54) is 6.34 Å². The summed E-state index contributed by atoms with van der Waals surface area (Å²) >= 11 is 0. The highest BCUT2D eigenvalue weighted by Crippen LogP contribution is 2.21. The second-order valence-electron chi connectivity index (χ2n) is 2.43. The van der Waals surface area contributed by atoms with Gasteiger partial charge in [0, 0.05) is 0 Å². The van der Waals surface area contributed by atoms with Crippen LogP contribution in [0.4, 0.5) is 5.69 Å². The number of hydroxylamine groups is 1. The molecule has 0 aliphatic carbocycles. The molecule has 1 aromatic carbocycles. The van der Waals surface area contributed by atoms with Gasteiger partial charge in [-0.15, -0.1) is 0 Å². The lowest BCUT2D eigenvalue weighted by atomic mass is 10.1. The first-order chi connectivity index (χ1) is 5.38. The number of rotatable bonds is 0. The Kier molecular flexibility index (Phi) is 1.36. The van der Waals surface area contributed by atoms with Crippen molar-refractivity contribution in [3.63, 3.8) is 0 Å². The lowest BCUT2D eigenvalue weighted by Crippen LogP contribution is -2.20. The third-order valence-corrected chi connectivity index (χ3v) is 1.69. The van der Waals surface area contributed by atoms with Crippen LogP contribution in [0.3, 0.4) is 0 Å². The quantitative estimate of drug-likeness (QED) is 0.604. The van der Waals surface area contributed by atoms with E-state index >= 15 is 0 Å². The van der Waals surface area contributed by atoms with Crippen LogP contribution in [0.5, 0.6) is 0 Å². The number of para-hydroxylation sites is 1. The first kappa shape index (κ1) is 6.37. The van der Waals surface area contributed by atoms with Crippen LogP contribution in [0, 0.1) is 0 Å². The molecule has 0 radical (unpaired) electrons. The van der Waals surface area contributed by atoms with Crippen LogP contribution >= 0.6 is 0 Å². The number of fused-ring (bicyclic) bond motifs is 1. The number of hydrogen-bond acceptors (Lipinski definition) is 3. The molecule has 0 fully saturated rings. The third kappa shape index (κ3) is 0.991. The van der Waals surface area contributed by atoms with Gasteiger partial charge in [0.25, 0.3) is 0 Å². The monoisotopic (exact) mass is 148 g/mol. The second kappa shape index (κ2) is 2.36. The molecule has 2 rings (SSSR count). The molecule has 0 unspecified atom stereocenters. The van der Waals surface area contributed by atoms with Crippen LogP contribution in [0.2, 0.25) is 0 Å². The molecule has 3 nitrogen and oxygen atoms in total. The fraction of sp³-hybridized carbons (Fsp3) is 0.125. The lowest BCUT2D eigenvalue weighted by Gasteiger charge is -2.18. The van der Waals surface area contributed by atoms with Crippen molar-refractivity contribution in [2.45, 2.75) is 6.54 Å². The summed E-state index contributed by atoms with van der Waals surface area (Å²) in [6, 6.07) is 7.64. The van der Waals surface area contributed by atoms with E-state index in [1.54, 1.807) is 0 Å². The van der Waals surface area contributed by atoms with Gasteiger partial charge in [-0.3, -0.25) is 10.2 Å². The molecule has 0 saturated carbocycles. The van der Waals surface area contributed by atoms with Crippen LogP contribution in [0.25, 0.3) is 0 Å². The summed E-state index contributed by atoms with van der Waals surface area (Å²) in [4.78, 5) is 3.95. The van der Waals surface area contributed by atoms with Gasteiger partial charge in [-0.05, 0) is 11.6 Å². The Morgan fingerprint density at radius 1 is 1.36 bits per heavy atom. The third-order valence-electron chi connectivity index (χ3n) is 1.69. The first-order valence-electron chi connectivity index (χ1n) is 3.44. The maximum Gasteiger partial charge on any atom is 0.116 e. The van der Waals surface area contributed by atoms with Gasteiger partial charge in [0.05, 0.1) is 12.2 Å². The molecule has 1 N–H and O–H groups in total. The highest BCUT2D eigenvalue weighted by atomic mass is 16.5. The molecular formula is C8H8N2O. The summed E-state index contributed by atoms with van der Waals surface area (Å²) in [6.07, 6.45) is 1.42. The Balaban J connectivity index is 2.50. The predicted octanol–water partition coefficient (Wildman–Crippen LogP) is 1.42. The lowest BCUT2D eigenvalue weighted by molar-refractivity contribution is 0.313. The Morgan fingerprint density at radius 3 is 3.00 bits per heavy atom. The number of aliphatic imine (C=N–C) groups is 1. The molecule has 0 atom stereocenters. The van der Waals surface area contributed by atoms with Crippen molar-refractivity contribution in [2.24, 2.45) is 4.99 Å². The molecular weight excluding hydrogens is 140 g/mol. The van der Waals surface area contributed by atoms with Crippen LogP contribution in [0.1, 0.15) is 5.56 Å². The molecule has 1 aliphatic heterocycles. The molecule has 1 heterocycles. The summed E-state index contributed by atoms with van der Waals surface area (Å²) in [5, 5.41) is 10.3. The highest BCUT2D eigenvalue weighted by molar-refractivity contribution is 5.79. The Labute approximate surface area is 64.6 Å². The van der Waals surface area contributed by atoms with E-state index in [9.17, 15) is 5.21 Å². The van der Waals surface area contributed by atoms with Gasteiger partial charge < -0.3 is 0 Å². The maximum atomic E-state index is 9.25. The average Bonchev–Trinajstić information content (AvgIpc) is 2.06. The normalized spacial score (nSPS) is 14.8. The molecule has 3 heteroatoms. The number of nitrogens with zero attached hydrogens (tertiary/aromatic N) is 2. The molecule has 0 amide bonds. The zero-order valence-corrected chi connectivity index (χ0v) is 5.94. The van der Waals surface area contributed by atoms with Crippen molar-refractivity contribution < 1.29 is 5.21 Å². The van der Waals surface area contributed by atoms with Gasteiger partial charge in [0.1, 0.15) is 6.34 Å². The van der Waals surface area contributed by atoms with Gasteiger partial charge in [-0.25, -0.2) is 5.06 Å². The molecule has 1 aromatic rings. The fourth-order valence-corrected chi connectivity index (χ4v) is 1.15. The molecule has 1 aliphatic rings. The number of anilines is 1. The van der Waals surface area contributed by atoms with Crippen LogP contribution in [0.15, 0.2) is 29.3 Å². The van der Waals surface area contributed by atoms with Crippen molar-refractivity contribution in [3.8, 4) is 0 Å². The van der Waals surface area contributed by atoms with E-state index in [2.05, 4.69) is 4.99 Å². The van der Waals surface area contributed by atoms with Crippen LogP contribution < -0.4 is 5.06 Å². The van der Waals surface area contributed by atoms with E-state index in [0.717, 1.165) is 16.3 Å². The zero-order chi connectivity index (χ0) is 7.68. The molecule has 0 aromatic heterocycles. The summed E-state index contributed by atoms with van der Waals surface area (Å²) in [7, 11) is 0.